The molecule has 0 aromatic rings. The third kappa shape index (κ3) is 10.7. The van der Waals surface area contributed by atoms with Crippen molar-refractivity contribution < 1.29 is 123 Å². The first kappa shape index (κ1) is 33.9. The molecule has 0 aliphatic rings. The molecule has 0 N–H and O–H groups in total. The van der Waals surface area contributed by atoms with E-state index < -0.39 is 62.7 Å². The fourth-order valence-corrected chi connectivity index (χ4v) is 1.45. The van der Waals surface area contributed by atoms with Crippen LogP contribution in [0.1, 0.15) is 0 Å². The third-order valence-electron chi connectivity index (χ3n) is 2.53. The van der Waals surface area contributed by atoms with E-state index in [2.05, 4.69) is 14.0 Å². The van der Waals surface area contributed by atoms with E-state index in [-0.39, 0.29) is 29.6 Å². The molecule has 0 aromatic heterocycles. The van der Waals surface area contributed by atoms with Crippen molar-refractivity contribution in [2.24, 2.45) is 0 Å². The largest absolute Gasteiger partial charge is 1.00 e. The molecule has 0 radical (unpaired) electrons. The maximum absolute atomic E-state index is 12.3. The maximum atomic E-state index is 12.3. The molecule has 0 aliphatic carbocycles. The van der Waals surface area contributed by atoms with Crippen LogP contribution in [0.2, 0.25) is 0 Å². The summed E-state index contributed by atoms with van der Waals surface area (Å²) in [6, 6.07) is 0. The second-order valence-corrected chi connectivity index (χ2v) is 5.09. The van der Waals surface area contributed by atoms with E-state index >= 15 is 0 Å². The zero-order valence-electron chi connectivity index (χ0n) is 14.3. The first-order chi connectivity index (χ1) is 13.2. The van der Waals surface area contributed by atoms with Crippen molar-refractivity contribution in [2.45, 2.75) is 55.4 Å². The molecule has 0 aromatic carbocycles. The predicted octanol–water partition coefficient (Wildman–Crippen LogP) is 2.50. The van der Waals surface area contributed by atoms with Gasteiger partial charge in [-0.1, -0.05) is 0 Å². The van der Waals surface area contributed by atoms with E-state index in [1.165, 1.54) is 0 Å². The van der Waals surface area contributed by atoms with Gasteiger partial charge >= 0.3 is 73.9 Å². The van der Waals surface area contributed by atoms with Crippen molar-refractivity contribution in [3.8, 4) is 0 Å². The SMILES string of the molecule is FC(F)(F)C(OB(OC(C(F)(F)F)C(F)(F)F)OC(C(F)(F)F)C(F)(F)F)C(F)(F)F.[Na+]. The standard InChI is InChI=1S/C9H3BF18O3.Na/c11-4(12,13)1(5(14,15)16)29-10(30-2(6(17,18)19)7(20,21)22)31-3(8(23,24)25)9(26,27)28;/h1-3H;/q;+1. The summed E-state index contributed by atoms with van der Waals surface area (Å²) >= 11 is 0. The first-order valence-electron chi connectivity index (χ1n) is 6.55. The van der Waals surface area contributed by atoms with Gasteiger partial charge in [0.05, 0.1) is 0 Å². The van der Waals surface area contributed by atoms with Crippen LogP contribution in [-0.4, -0.2) is 62.7 Å². The van der Waals surface area contributed by atoms with Crippen LogP contribution in [0.4, 0.5) is 79.0 Å². The van der Waals surface area contributed by atoms with Gasteiger partial charge in [-0.25, -0.2) is 0 Å². The molecule has 32 heavy (non-hydrogen) atoms. The van der Waals surface area contributed by atoms with Gasteiger partial charge in [-0.2, -0.15) is 79.0 Å². The summed E-state index contributed by atoms with van der Waals surface area (Å²) in [5.41, 5.74) is 0. The summed E-state index contributed by atoms with van der Waals surface area (Å²) in [6.07, 6.45) is -57.3. The molecular weight excluding hydrogens is 532 g/mol. The summed E-state index contributed by atoms with van der Waals surface area (Å²) in [5, 5.41) is 0. The van der Waals surface area contributed by atoms with Crippen molar-refractivity contribution in [3.05, 3.63) is 0 Å². The van der Waals surface area contributed by atoms with E-state index in [0.29, 0.717) is 0 Å². The Morgan fingerprint density at radius 1 is 0.344 bits per heavy atom. The molecule has 186 valence electrons. The van der Waals surface area contributed by atoms with Crippen molar-refractivity contribution in [1.82, 2.24) is 0 Å². The molecule has 23 heteroatoms. The van der Waals surface area contributed by atoms with Crippen LogP contribution in [0.25, 0.3) is 0 Å². The minimum absolute atomic E-state index is 0. The van der Waals surface area contributed by atoms with Gasteiger partial charge in [0.1, 0.15) is 0 Å². The van der Waals surface area contributed by atoms with Crippen LogP contribution in [-0.2, 0) is 14.0 Å². The molecule has 0 aliphatic heterocycles. The summed E-state index contributed by atoms with van der Waals surface area (Å²) in [5.74, 6) is 0. The van der Waals surface area contributed by atoms with E-state index in [1.54, 1.807) is 0 Å². The number of hydrogen-bond acceptors (Lipinski definition) is 3. The van der Waals surface area contributed by atoms with Crippen molar-refractivity contribution in [3.63, 3.8) is 0 Å². The van der Waals surface area contributed by atoms with Crippen molar-refractivity contribution >= 4 is 7.32 Å². The first-order valence-corrected chi connectivity index (χ1v) is 6.55. The van der Waals surface area contributed by atoms with Gasteiger partial charge in [-0.3, -0.25) is 0 Å². The molecule has 0 fully saturated rings. The molecule has 0 spiro atoms. The van der Waals surface area contributed by atoms with E-state index in [9.17, 15) is 79.0 Å². The van der Waals surface area contributed by atoms with E-state index in [0.717, 1.165) is 0 Å². The average molecular weight is 535 g/mol. The predicted molar refractivity (Wildman–Crippen MR) is 56.7 cm³/mol. The van der Waals surface area contributed by atoms with Crippen molar-refractivity contribution in [1.29, 1.82) is 0 Å². The Morgan fingerprint density at radius 3 is 0.562 bits per heavy atom. The molecule has 0 rings (SSSR count). The average Bonchev–Trinajstić information content (AvgIpc) is 2.37. The molecule has 0 atom stereocenters. The smallest absolute Gasteiger partial charge is 0.366 e. The summed E-state index contributed by atoms with van der Waals surface area (Å²) in [6.45, 7) is 0. The fraction of sp³-hybridized carbons (Fsp3) is 1.00. The van der Waals surface area contributed by atoms with Gasteiger partial charge < -0.3 is 14.0 Å². The maximum Gasteiger partial charge on any atom is 1.00 e. The fourth-order valence-electron chi connectivity index (χ4n) is 1.45. The summed E-state index contributed by atoms with van der Waals surface area (Å²) in [4.78, 5) is 0. The molecule has 0 bridgehead atoms. The Labute approximate surface area is 185 Å². The number of alkyl halides is 18. The second-order valence-electron chi connectivity index (χ2n) is 5.09. The molecule has 0 saturated heterocycles. The number of hydrogen-bond donors (Lipinski definition) is 0. The van der Waals surface area contributed by atoms with Crippen LogP contribution in [0.15, 0.2) is 0 Å². The molecular formula is C9H3BF18NaO3+. The normalized spacial score (nSPS) is 14.9. The molecule has 0 unspecified atom stereocenters. The van der Waals surface area contributed by atoms with Gasteiger partial charge in [0.15, 0.2) is 0 Å². The van der Waals surface area contributed by atoms with E-state index in [1.807, 2.05) is 0 Å². The Balaban J connectivity index is 0. The van der Waals surface area contributed by atoms with Gasteiger partial charge in [-0.05, 0) is 0 Å². The van der Waals surface area contributed by atoms with Crippen LogP contribution in [0, 0.1) is 0 Å². The second kappa shape index (κ2) is 10.5. The van der Waals surface area contributed by atoms with E-state index in [4.69, 9.17) is 0 Å². The minimum atomic E-state index is -6.80. The number of halogens is 18. The Bertz CT molecular complexity index is 450. The zero-order valence-corrected chi connectivity index (χ0v) is 16.3. The summed E-state index contributed by atoms with van der Waals surface area (Å²) < 4.78 is 230. The van der Waals surface area contributed by atoms with Gasteiger partial charge in [0.2, 0.25) is 18.3 Å². The molecule has 0 heterocycles. The van der Waals surface area contributed by atoms with Gasteiger partial charge in [-0.15, -0.1) is 0 Å². The molecule has 0 amide bonds. The Hall–Kier alpha value is -0.315. The van der Waals surface area contributed by atoms with Gasteiger partial charge in [0, 0.05) is 0 Å². The zero-order chi connectivity index (χ0) is 25.4. The third-order valence-corrected chi connectivity index (χ3v) is 2.53. The van der Waals surface area contributed by atoms with Gasteiger partial charge in [0.25, 0.3) is 0 Å². The molecule has 3 nitrogen and oxygen atoms in total. The summed E-state index contributed by atoms with van der Waals surface area (Å²) in [7, 11) is -5.06. The van der Waals surface area contributed by atoms with Crippen molar-refractivity contribution in [2.75, 3.05) is 0 Å². The quantitative estimate of drug-likeness (QED) is 0.387. The van der Waals surface area contributed by atoms with Crippen LogP contribution < -0.4 is 29.6 Å². The van der Waals surface area contributed by atoms with Crippen LogP contribution in [0.5, 0.6) is 0 Å². The van der Waals surface area contributed by atoms with Crippen LogP contribution >= 0.6 is 0 Å². The minimum Gasteiger partial charge on any atom is -0.366 e. The Kier molecular flexibility index (Phi) is 11.1. The topological polar surface area (TPSA) is 27.7 Å². The number of rotatable bonds is 6. The Morgan fingerprint density at radius 2 is 0.469 bits per heavy atom. The monoisotopic (exact) mass is 535 g/mol. The van der Waals surface area contributed by atoms with Crippen LogP contribution in [0.3, 0.4) is 0 Å². The molecule has 0 saturated carbocycles.